The first-order valence-corrected chi connectivity index (χ1v) is 13.8. The molecule has 2 saturated heterocycles. The van der Waals surface area contributed by atoms with Crippen molar-refractivity contribution in [3.63, 3.8) is 0 Å². The standard InChI is InChI=1S/C32H35N3O4/c1-2-3-22-39-32(38)26-14-16-27(17-15-26)35-29(36)23-28(31(35)37)33-18-20-34(21-19-33)30(24-10-6-4-7-11-24)25-12-8-5-9-13-25/h4-17,28,30H,2-3,18-23H2,1H3/t28-/m0/s1. The Labute approximate surface area is 230 Å². The molecule has 2 aliphatic heterocycles. The van der Waals surface area contributed by atoms with Crippen LogP contribution in [0.15, 0.2) is 84.9 Å². The third-order valence-electron chi connectivity index (χ3n) is 7.60. The van der Waals surface area contributed by atoms with Crippen molar-refractivity contribution in [2.24, 2.45) is 0 Å². The van der Waals surface area contributed by atoms with E-state index in [9.17, 15) is 14.4 Å². The monoisotopic (exact) mass is 525 g/mol. The smallest absolute Gasteiger partial charge is 0.338 e. The lowest BCUT2D eigenvalue weighted by Gasteiger charge is -2.41. The Morgan fingerprint density at radius 3 is 2.00 bits per heavy atom. The van der Waals surface area contributed by atoms with Crippen LogP contribution in [0.25, 0.3) is 0 Å². The Hall–Kier alpha value is -3.81. The highest BCUT2D eigenvalue weighted by atomic mass is 16.5. The van der Waals surface area contributed by atoms with Gasteiger partial charge in [0.05, 0.1) is 36.4 Å². The van der Waals surface area contributed by atoms with Crippen molar-refractivity contribution in [3.8, 4) is 0 Å². The summed E-state index contributed by atoms with van der Waals surface area (Å²) in [6.45, 7) is 5.41. The minimum atomic E-state index is -0.467. The summed E-state index contributed by atoms with van der Waals surface area (Å²) < 4.78 is 5.26. The van der Waals surface area contributed by atoms with Crippen molar-refractivity contribution in [3.05, 3.63) is 102 Å². The van der Waals surface area contributed by atoms with Crippen LogP contribution in [0.2, 0.25) is 0 Å². The molecule has 2 heterocycles. The predicted octanol–water partition coefficient (Wildman–Crippen LogP) is 4.68. The van der Waals surface area contributed by atoms with Crippen LogP contribution in [0, 0.1) is 0 Å². The zero-order valence-electron chi connectivity index (χ0n) is 22.4. The number of unbranched alkanes of at least 4 members (excludes halogenated alkanes) is 1. The number of carbonyl (C=O) groups excluding carboxylic acids is 3. The van der Waals surface area contributed by atoms with Gasteiger partial charge in [-0.25, -0.2) is 9.69 Å². The molecule has 0 radical (unpaired) electrons. The van der Waals surface area contributed by atoms with Crippen LogP contribution < -0.4 is 4.90 Å². The number of piperazine rings is 1. The molecule has 0 aliphatic carbocycles. The summed E-state index contributed by atoms with van der Waals surface area (Å²) in [5.74, 6) is -0.805. The molecule has 2 aliphatic rings. The highest BCUT2D eigenvalue weighted by Gasteiger charge is 2.43. The lowest BCUT2D eigenvalue weighted by molar-refractivity contribution is -0.123. The van der Waals surface area contributed by atoms with Crippen molar-refractivity contribution in [1.29, 1.82) is 0 Å². The van der Waals surface area contributed by atoms with Crippen molar-refractivity contribution < 1.29 is 19.1 Å². The van der Waals surface area contributed by atoms with E-state index >= 15 is 0 Å². The van der Waals surface area contributed by atoms with Crippen molar-refractivity contribution in [1.82, 2.24) is 9.80 Å². The van der Waals surface area contributed by atoms with Gasteiger partial charge in [0.25, 0.3) is 5.91 Å². The maximum absolute atomic E-state index is 13.4. The van der Waals surface area contributed by atoms with Gasteiger partial charge in [0.1, 0.15) is 0 Å². The van der Waals surface area contributed by atoms with Crippen LogP contribution in [0.3, 0.4) is 0 Å². The fourth-order valence-electron chi connectivity index (χ4n) is 5.50. The van der Waals surface area contributed by atoms with Gasteiger partial charge in [-0.15, -0.1) is 0 Å². The fraction of sp³-hybridized carbons (Fsp3) is 0.344. The van der Waals surface area contributed by atoms with Crippen molar-refractivity contribution >= 4 is 23.5 Å². The number of anilines is 1. The van der Waals surface area contributed by atoms with Crippen molar-refractivity contribution in [2.45, 2.75) is 38.3 Å². The average Bonchev–Trinajstić information content (AvgIpc) is 3.28. The molecular weight excluding hydrogens is 490 g/mol. The second-order valence-electron chi connectivity index (χ2n) is 10.1. The Kier molecular flexibility index (Phi) is 8.49. The van der Waals surface area contributed by atoms with Crippen LogP contribution in [-0.2, 0) is 14.3 Å². The quantitative estimate of drug-likeness (QED) is 0.230. The molecule has 0 bridgehead atoms. The van der Waals surface area contributed by atoms with Gasteiger partial charge in [0.2, 0.25) is 5.91 Å². The lowest BCUT2D eigenvalue weighted by Crippen LogP contribution is -2.53. The normalized spacial score (nSPS) is 18.6. The molecule has 2 fully saturated rings. The Morgan fingerprint density at radius 1 is 0.846 bits per heavy atom. The van der Waals surface area contributed by atoms with Gasteiger partial charge in [-0.05, 0) is 41.8 Å². The van der Waals surface area contributed by atoms with Crippen LogP contribution in [0.1, 0.15) is 53.7 Å². The van der Waals surface area contributed by atoms with Gasteiger partial charge in [0, 0.05) is 26.2 Å². The van der Waals surface area contributed by atoms with Gasteiger partial charge < -0.3 is 4.74 Å². The number of esters is 1. The van der Waals surface area contributed by atoms with Gasteiger partial charge in [-0.2, -0.15) is 0 Å². The molecule has 0 spiro atoms. The fourth-order valence-corrected chi connectivity index (χ4v) is 5.50. The maximum atomic E-state index is 13.4. The molecule has 7 heteroatoms. The van der Waals surface area contributed by atoms with E-state index in [4.69, 9.17) is 4.74 Å². The Morgan fingerprint density at radius 2 is 1.44 bits per heavy atom. The van der Waals surface area contributed by atoms with E-state index in [-0.39, 0.29) is 24.3 Å². The molecule has 1 atom stereocenters. The molecular formula is C32H35N3O4. The number of imide groups is 1. The maximum Gasteiger partial charge on any atom is 0.338 e. The number of carbonyl (C=O) groups is 3. The summed E-state index contributed by atoms with van der Waals surface area (Å²) in [6.07, 6.45) is 1.93. The van der Waals surface area contributed by atoms with E-state index < -0.39 is 12.0 Å². The summed E-state index contributed by atoms with van der Waals surface area (Å²) >= 11 is 0. The van der Waals surface area contributed by atoms with E-state index in [2.05, 4.69) is 58.3 Å². The van der Waals surface area contributed by atoms with Crippen LogP contribution in [0.4, 0.5) is 5.69 Å². The summed E-state index contributed by atoms with van der Waals surface area (Å²) in [4.78, 5) is 44.5. The number of rotatable bonds is 9. The molecule has 2 amide bonds. The molecule has 0 aromatic heterocycles. The van der Waals surface area contributed by atoms with Crippen LogP contribution in [0.5, 0.6) is 0 Å². The predicted molar refractivity (Wildman–Crippen MR) is 150 cm³/mol. The van der Waals surface area contributed by atoms with Crippen LogP contribution >= 0.6 is 0 Å². The molecule has 202 valence electrons. The van der Waals surface area contributed by atoms with E-state index in [1.54, 1.807) is 24.3 Å². The molecule has 3 aromatic rings. The largest absolute Gasteiger partial charge is 0.462 e. The van der Waals surface area contributed by atoms with E-state index in [0.29, 0.717) is 30.9 Å². The summed E-state index contributed by atoms with van der Waals surface area (Å²) in [7, 11) is 0. The number of hydrogen-bond acceptors (Lipinski definition) is 6. The molecule has 3 aromatic carbocycles. The first-order valence-electron chi connectivity index (χ1n) is 13.8. The molecule has 5 rings (SSSR count). The lowest BCUT2D eigenvalue weighted by atomic mass is 9.96. The second kappa shape index (κ2) is 12.4. The number of hydrogen-bond donors (Lipinski definition) is 0. The summed E-state index contributed by atoms with van der Waals surface area (Å²) in [6, 6.07) is 27.2. The van der Waals surface area contributed by atoms with E-state index in [1.165, 1.54) is 16.0 Å². The van der Waals surface area contributed by atoms with Gasteiger partial charge in [-0.1, -0.05) is 74.0 Å². The van der Waals surface area contributed by atoms with Crippen LogP contribution in [-0.4, -0.2) is 66.4 Å². The summed E-state index contributed by atoms with van der Waals surface area (Å²) in [5, 5.41) is 0. The average molecular weight is 526 g/mol. The number of ether oxygens (including phenoxy) is 1. The summed E-state index contributed by atoms with van der Waals surface area (Å²) in [5.41, 5.74) is 3.39. The molecule has 7 nitrogen and oxygen atoms in total. The Bertz CT molecular complexity index is 1230. The highest BCUT2D eigenvalue weighted by molar-refractivity contribution is 6.22. The molecule has 0 N–H and O–H groups in total. The Balaban J connectivity index is 1.24. The van der Waals surface area contributed by atoms with Crippen molar-refractivity contribution in [2.75, 3.05) is 37.7 Å². The zero-order valence-corrected chi connectivity index (χ0v) is 22.4. The number of amides is 2. The third-order valence-corrected chi connectivity index (χ3v) is 7.60. The SMILES string of the molecule is CCCCOC(=O)c1ccc(N2C(=O)C[C@H](N3CCN(C(c4ccccc4)c4ccccc4)CC3)C2=O)cc1. The third kappa shape index (κ3) is 5.95. The van der Waals surface area contributed by atoms with Gasteiger partial charge >= 0.3 is 5.97 Å². The topological polar surface area (TPSA) is 70.2 Å². The zero-order chi connectivity index (χ0) is 27.2. The minimum absolute atomic E-state index is 0.138. The van der Waals surface area contributed by atoms with E-state index in [0.717, 1.165) is 25.9 Å². The highest BCUT2D eigenvalue weighted by Crippen LogP contribution is 2.31. The second-order valence-corrected chi connectivity index (χ2v) is 10.1. The first-order chi connectivity index (χ1) is 19.1. The minimum Gasteiger partial charge on any atom is -0.462 e. The molecule has 39 heavy (non-hydrogen) atoms. The first kappa shape index (κ1) is 26.8. The molecule has 0 saturated carbocycles. The van der Waals surface area contributed by atoms with Gasteiger partial charge in [-0.3, -0.25) is 19.4 Å². The number of nitrogens with zero attached hydrogens (tertiary/aromatic N) is 3. The van der Waals surface area contributed by atoms with E-state index in [1.807, 2.05) is 19.1 Å². The molecule has 0 unspecified atom stereocenters. The number of benzene rings is 3. The van der Waals surface area contributed by atoms with Gasteiger partial charge in [0.15, 0.2) is 0 Å².